The van der Waals surface area contributed by atoms with Crippen LogP contribution in [0.2, 0.25) is 5.28 Å². The van der Waals surface area contributed by atoms with Crippen LogP contribution in [0.15, 0.2) is 12.3 Å². The smallest absolute Gasteiger partial charge is 0.352 e. The zero-order valence-corrected chi connectivity index (χ0v) is 10.8. The van der Waals surface area contributed by atoms with Crippen molar-refractivity contribution in [3.8, 4) is 0 Å². The Morgan fingerprint density at radius 3 is 2.94 bits per heavy atom. The van der Waals surface area contributed by atoms with Crippen LogP contribution < -0.4 is 0 Å². The number of unbranched alkanes of at least 4 members (excludes halogenated alkanes) is 2. The second-order valence-electron chi connectivity index (χ2n) is 4.11. The molecule has 96 valence electrons. The number of hydrogen-bond acceptors (Lipinski definition) is 3. The number of aromatic nitrogens is 3. The normalized spacial score (nSPS) is 11.0. The topological polar surface area (TPSA) is 68.0 Å². The molecule has 0 aromatic carbocycles. The number of carbonyl (C=O) groups is 1. The average molecular weight is 268 g/mol. The molecule has 0 aliphatic heterocycles. The predicted octanol–water partition coefficient (Wildman–Crippen LogP) is 2.97. The number of rotatable bonds is 5. The molecule has 0 radical (unpaired) electrons. The standard InChI is InChI=1S/C12H14ClN3O2/c1-2-3-4-5-16-9(11(17)18)6-8-7-14-12(13)15-10(8)16/h6-7H,2-5H2,1H3,(H,17,18). The molecule has 0 amide bonds. The fourth-order valence-electron chi connectivity index (χ4n) is 1.94. The van der Waals surface area contributed by atoms with Gasteiger partial charge in [-0.3, -0.25) is 0 Å². The van der Waals surface area contributed by atoms with Crippen LogP contribution in [0, 0.1) is 0 Å². The fraction of sp³-hybridized carbons (Fsp3) is 0.417. The van der Waals surface area contributed by atoms with Gasteiger partial charge in [-0.25, -0.2) is 9.78 Å². The summed E-state index contributed by atoms with van der Waals surface area (Å²) >= 11 is 5.76. The van der Waals surface area contributed by atoms with E-state index in [1.165, 1.54) is 0 Å². The lowest BCUT2D eigenvalue weighted by Gasteiger charge is -2.06. The first kappa shape index (κ1) is 12.8. The van der Waals surface area contributed by atoms with E-state index in [2.05, 4.69) is 16.9 Å². The third-order valence-corrected chi connectivity index (χ3v) is 2.99. The van der Waals surface area contributed by atoms with Crippen molar-refractivity contribution >= 4 is 28.6 Å². The van der Waals surface area contributed by atoms with E-state index >= 15 is 0 Å². The van der Waals surface area contributed by atoms with Crippen LogP contribution in [0.3, 0.4) is 0 Å². The van der Waals surface area contributed by atoms with Crippen LogP contribution in [-0.4, -0.2) is 25.6 Å². The Labute approximate surface area is 109 Å². The van der Waals surface area contributed by atoms with Crippen LogP contribution in [0.4, 0.5) is 0 Å². The maximum Gasteiger partial charge on any atom is 0.352 e. The molecule has 2 heterocycles. The second kappa shape index (κ2) is 5.35. The summed E-state index contributed by atoms with van der Waals surface area (Å²) in [6, 6.07) is 1.58. The van der Waals surface area contributed by atoms with Crippen LogP contribution in [0.25, 0.3) is 11.0 Å². The maximum absolute atomic E-state index is 11.2. The minimum atomic E-state index is -0.958. The lowest BCUT2D eigenvalue weighted by molar-refractivity contribution is 0.0685. The number of carboxylic acids is 1. The Morgan fingerprint density at radius 2 is 2.28 bits per heavy atom. The van der Waals surface area contributed by atoms with Gasteiger partial charge < -0.3 is 9.67 Å². The summed E-state index contributed by atoms with van der Waals surface area (Å²) in [5.41, 5.74) is 0.821. The third-order valence-electron chi connectivity index (χ3n) is 2.81. The van der Waals surface area contributed by atoms with Gasteiger partial charge in [-0.15, -0.1) is 0 Å². The van der Waals surface area contributed by atoms with E-state index in [1.54, 1.807) is 16.8 Å². The van der Waals surface area contributed by atoms with Crippen molar-refractivity contribution < 1.29 is 9.90 Å². The zero-order chi connectivity index (χ0) is 13.1. The highest BCUT2D eigenvalue weighted by atomic mass is 35.5. The quantitative estimate of drug-likeness (QED) is 0.668. The molecule has 0 saturated carbocycles. The summed E-state index contributed by atoms with van der Waals surface area (Å²) in [7, 11) is 0. The number of aromatic carboxylic acids is 1. The highest BCUT2D eigenvalue weighted by molar-refractivity contribution is 6.28. The summed E-state index contributed by atoms with van der Waals surface area (Å²) in [5, 5.41) is 10.0. The van der Waals surface area contributed by atoms with Crippen molar-refractivity contribution in [1.29, 1.82) is 0 Å². The highest BCUT2D eigenvalue weighted by Gasteiger charge is 2.15. The summed E-state index contributed by atoms with van der Waals surface area (Å²) in [6.45, 7) is 2.73. The molecule has 0 bridgehead atoms. The zero-order valence-electron chi connectivity index (χ0n) is 10.1. The van der Waals surface area contributed by atoms with Crippen LogP contribution >= 0.6 is 11.6 Å². The molecule has 6 heteroatoms. The van der Waals surface area contributed by atoms with Gasteiger partial charge in [0, 0.05) is 18.1 Å². The average Bonchev–Trinajstić information content (AvgIpc) is 2.68. The Balaban J connectivity index is 2.47. The van der Waals surface area contributed by atoms with Gasteiger partial charge in [-0.2, -0.15) is 4.98 Å². The Hall–Kier alpha value is -1.62. The van der Waals surface area contributed by atoms with E-state index in [4.69, 9.17) is 11.6 Å². The summed E-state index contributed by atoms with van der Waals surface area (Å²) in [6.07, 6.45) is 4.60. The largest absolute Gasteiger partial charge is 0.477 e. The van der Waals surface area contributed by atoms with E-state index in [-0.39, 0.29) is 11.0 Å². The second-order valence-corrected chi connectivity index (χ2v) is 4.45. The van der Waals surface area contributed by atoms with E-state index in [0.29, 0.717) is 17.6 Å². The first-order valence-electron chi connectivity index (χ1n) is 5.88. The molecular formula is C12H14ClN3O2. The molecule has 0 saturated heterocycles. The fourth-order valence-corrected chi connectivity index (χ4v) is 2.07. The Kier molecular flexibility index (Phi) is 3.81. The van der Waals surface area contributed by atoms with Crippen LogP contribution in [0.5, 0.6) is 0 Å². The van der Waals surface area contributed by atoms with Gasteiger partial charge in [-0.1, -0.05) is 19.8 Å². The van der Waals surface area contributed by atoms with Crippen molar-refractivity contribution in [2.45, 2.75) is 32.7 Å². The van der Waals surface area contributed by atoms with Crippen molar-refractivity contribution in [1.82, 2.24) is 14.5 Å². The lowest BCUT2D eigenvalue weighted by Crippen LogP contribution is -2.09. The molecule has 0 spiro atoms. The minimum Gasteiger partial charge on any atom is -0.477 e. The SMILES string of the molecule is CCCCCn1c(C(=O)O)cc2cnc(Cl)nc21. The molecular weight excluding hydrogens is 254 g/mol. The molecule has 18 heavy (non-hydrogen) atoms. The molecule has 2 aromatic rings. The van der Waals surface area contributed by atoms with Gasteiger partial charge in [0.25, 0.3) is 0 Å². The van der Waals surface area contributed by atoms with Crippen molar-refractivity contribution in [2.75, 3.05) is 0 Å². The first-order valence-corrected chi connectivity index (χ1v) is 6.26. The van der Waals surface area contributed by atoms with Crippen molar-refractivity contribution in [3.63, 3.8) is 0 Å². The lowest BCUT2D eigenvalue weighted by atomic mass is 10.2. The van der Waals surface area contributed by atoms with Crippen LogP contribution in [0.1, 0.15) is 36.7 Å². The van der Waals surface area contributed by atoms with E-state index in [0.717, 1.165) is 19.3 Å². The van der Waals surface area contributed by atoms with Gasteiger partial charge in [0.15, 0.2) is 0 Å². The van der Waals surface area contributed by atoms with Gasteiger partial charge in [0.05, 0.1) is 0 Å². The first-order chi connectivity index (χ1) is 8.63. The molecule has 0 unspecified atom stereocenters. The molecule has 0 aliphatic rings. The molecule has 2 rings (SSSR count). The van der Waals surface area contributed by atoms with E-state index < -0.39 is 5.97 Å². The van der Waals surface area contributed by atoms with Crippen molar-refractivity contribution in [2.24, 2.45) is 0 Å². The predicted molar refractivity (Wildman–Crippen MR) is 69.0 cm³/mol. The number of fused-ring (bicyclic) bond motifs is 1. The summed E-state index contributed by atoms with van der Waals surface area (Å²) in [5.74, 6) is -0.958. The van der Waals surface area contributed by atoms with Crippen LogP contribution in [-0.2, 0) is 6.54 Å². The summed E-state index contributed by atoms with van der Waals surface area (Å²) in [4.78, 5) is 19.2. The molecule has 0 atom stereocenters. The summed E-state index contributed by atoms with van der Waals surface area (Å²) < 4.78 is 1.70. The molecule has 5 nitrogen and oxygen atoms in total. The molecule has 1 N–H and O–H groups in total. The van der Waals surface area contributed by atoms with E-state index in [1.807, 2.05) is 0 Å². The number of hydrogen-bond donors (Lipinski definition) is 1. The monoisotopic (exact) mass is 267 g/mol. The third kappa shape index (κ3) is 2.46. The minimum absolute atomic E-state index is 0.134. The van der Waals surface area contributed by atoms with Gasteiger partial charge >= 0.3 is 5.97 Å². The Bertz CT molecular complexity index is 580. The van der Waals surface area contributed by atoms with Gasteiger partial charge in [0.1, 0.15) is 11.3 Å². The number of halogens is 1. The van der Waals surface area contributed by atoms with Gasteiger partial charge in [0.2, 0.25) is 5.28 Å². The maximum atomic E-state index is 11.2. The Morgan fingerprint density at radius 1 is 1.50 bits per heavy atom. The number of nitrogens with zero attached hydrogens (tertiary/aromatic N) is 3. The molecule has 0 aliphatic carbocycles. The molecule has 2 aromatic heterocycles. The number of aryl methyl sites for hydroxylation is 1. The highest BCUT2D eigenvalue weighted by Crippen LogP contribution is 2.20. The number of carboxylic acid groups (broad SMARTS) is 1. The van der Waals surface area contributed by atoms with Gasteiger partial charge in [-0.05, 0) is 24.1 Å². The van der Waals surface area contributed by atoms with Crippen molar-refractivity contribution in [3.05, 3.63) is 23.2 Å². The molecule has 0 fully saturated rings. The van der Waals surface area contributed by atoms with E-state index in [9.17, 15) is 9.90 Å².